The van der Waals surface area contributed by atoms with Crippen LogP contribution in [0.15, 0.2) is 20.7 Å². The lowest BCUT2D eigenvalue weighted by atomic mass is 10.0. The summed E-state index contributed by atoms with van der Waals surface area (Å²) in [5.41, 5.74) is 3.94. The van der Waals surface area contributed by atoms with Gasteiger partial charge in [0.1, 0.15) is 0 Å². The van der Waals surface area contributed by atoms with Gasteiger partial charge < -0.3 is 15.5 Å². The first-order valence-electron chi connectivity index (χ1n) is 6.47. The van der Waals surface area contributed by atoms with Crippen LogP contribution in [0.4, 0.5) is 0 Å². The maximum Gasteiger partial charge on any atom is 0.325 e. The first kappa shape index (κ1) is 15.9. The standard InChI is InChI=1S/C11H18N4O5S/c1-20-8-2-3-15(7(4-8)5-12)21(18,19)9-6-13-11(17)14-10(9)16/h6-8H,2-5,12H2,1H3,(H2,13,14,16,17). The van der Waals surface area contributed by atoms with E-state index in [1.807, 2.05) is 4.98 Å². The molecule has 0 spiro atoms. The van der Waals surface area contributed by atoms with Crippen LogP contribution in [0.5, 0.6) is 0 Å². The lowest BCUT2D eigenvalue weighted by Crippen LogP contribution is -2.52. The van der Waals surface area contributed by atoms with Crippen molar-refractivity contribution in [1.82, 2.24) is 14.3 Å². The second-order valence-corrected chi connectivity index (χ2v) is 6.68. The van der Waals surface area contributed by atoms with Crippen molar-refractivity contribution in [2.45, 2.75) is 29.9 Å². The van der Waals surface area contributed by atoms with E-state index < -0.39 is 32.2 Å². The molecule has 1 aliphatic heterocycles. The minimum absolute atomic E-state index is 0.0566. The summed E-state index contributed by atoms with van der Waals surface area (Å²) in [4.78, 5) is 26.3. The second-order valence-electron chi connectivity index (χ2n) is 4.82. The predicted octanol–water partition coefficient (Wildman–Crippen LogP) is -1.81. The van der Waals surface area contributed by atoms with Crippen LogP contribution >= 0.6 is 0 Å². The fourth-order valence-corrected chi connectivity index (χ4v) is 4.11. The van der Waals surface area contributed by atoms with Crippen LogP contribution in [0.1, 0.15) is 12.8 Å². The zero-order chi connectivity index (χ0) is 15.6. The van der Waals surface area contributed by atoms with Gasteiger partial charge in [0.2, 0.25) is 10.0 Å². The number of hydrogen-bond acceptors (Lipinski definition) is 6. The molecule has 1 aromatic heterocycles. The average molecular weight is 318 g/mol. The van der Waals surface area contributed by atoms with Crippen molar-refractivity contribution in [3.8, 4) is 0 Å². The molecule has 2 heterocycles. The number of H-pyrrole nitrogens is 2. The molecule has 1 fully saturated rings. The molecule has 0 saturated carbocycles. The second kappa shape index (κ2) is 6.10. The van der Waals surface area contributed by atoms with E-state index in [0.29, 0.717) is 12.8 Å². The van der Waals surface area contributed by atoms with Gasteiger partial charge in [0, 0.05) is 32.4 Å². The van der Waals surface area contributed by atoms with Crippen molar-refractivity contribution >= 4 is 10.0 Å². The van der Waals surface area contributed by atoms with E-state index in [2.05, 4.69) is 4.98 Å². The van der Waals surface area contributed by atoms with Gasteiger partial charge >= 0.3 is 5.69 Å². The van der Waals surface area contributed by atoms with Crippen LogP contribution in [0.2, 0.25) is 0 Å². The molecule has 0 radical (unpaired) electrons. The highest BCUT2D eigenvalue weighted by molar-refractivity contribution is 7.89. The summed E-state index contributed by atoms with van der Waals surface area (Å²) in [5.74, 6) is 0. The zero-order valence-corrected chi connectivity index (χ0v) is 12.4. The van der Waals surface area contributed by atoms with Crippen molar-refractivity contribution in [3.05, 3.63) is 27.0 Å². The minimum atomic E-state index is -4.02. The van der Waals surface area contributed by atoms with Gasteiger partial charge in [-0.25, -0.2) is 13.2 Å². The lowest BCUT2D eigenvalue weighted by Gasteiger charge is -2.37. The van der Waals surface area contributed by atoms with Gasteiger partial charge in [0.05, 0.1) is 6.10 Å². The maximum absolute atomic E-state index is 12.6. The van der Waals surface area contributed by atoms with Gasteiger partial charge in [-0.15, -0.1) is 0 Å². The zero-order valence-electron chi connectivity index (χ0n) is 11.5. The smallest absolute Gasteiger partial charge is 0.325 e. The molecule has 0 bridgehead atoms. The fourth-order valence-electron chi connectivity index (χ4n) is 2.45. The van der Waals surface area contributed by atoms with Gasteiger partial charge in [0.15, 0.2) is 4.90 Å². The third kappa shape index (κ3) is 3.07. The molecule has 1 aliphatic rings. The van der Waals surface area contributed by atoms with E-state index in [0.717, 1.165) is 6.20 Å². The topological polar surface area (TPSA) is 138 Å². The van der Waals surface area contributed by atoms with Crippen LogP contribution in [0, 0.1) is 0 Å². The SMILES string of the molecule is COC1CCN(S(=O)(=O)c2c[nH]c(=O)[nH]c2=O)C(CN)C1. The Kier molecular flexibility index (Phi) is 4.61. The van der Waals surface area contributed by atoms with E-state index in [1.165, 1.54) is 4.31 Å². The largest absolute Gasteiger partial charge is 0.381 e. The predicted molar refractivity (Wildman–Crippen MR) is 74.4 cm³/mol. The highest BCUT2D eigenvalue weighted by atomic mass is 32.2. The molecule has 4 N–H and O–H groups in total. The molecule has 2 unspecified atom stereocenters. The molecule has 10 heteroatoms. The molecular weight excluding hydrogens is 300 g/mol. The number of hydrogen-bond donors (Lipinski definition) is 3. The fraction of sp³-hybridized carbons (Fsp3) is 0.636. The van der Waals surface area contributed by atoms with Crippen molar-refractivity contribution in [2.75, 3.05) is 20.2 Å². The molecule has 2 rings (SSSR count). The Morgan fingerprint density at radius 2 is 2.19 bits per heavy atom. The Hall–Kier alpha value is -1.49. The molecule has 2 atom stereocenters. The summed E-state index contributed by atoms with van der Waals surface area (Å²) >= 11 is 0. The van der Waals surface area contributed by atoms with E-state index >= 15 is 0 Å². The summed E-state index contributed by atoms with van der Waals surface area (Å²) in [5, 5.41) is 0. The number of nitrogens with two attached hydrogens (primary N) is 1. The van der Waals surface area contributed by atoms with Crippen LogP contribution in [-0.2, 0) is 14.8 Å². The highest BCUT2D eigenvalue weighted by Gasteiger charge is 2.37. The van der Waals surface area contributed by atoms with Crippen molar-refractivity contribution in [3.63, 3.8) is 0 Å². The number of aromatic nitrogens is 2. The Morgan fingerprint density at radius 1 is 1.48 bits per heavy atom. The van der Waals surface area contributed by atoms with E-state index in [1.54, 1.807) is 7.11 Å². The van der Waals surface area contributed by atoms with Crippen molar-refractivity contribution in [2.24, 2.45) is 5.73 Å². The summed E-state index contributed by atoms with van der Waals surface area (Å²) in [6.45, 7) is 0.335. The van der Waals surface area contributed by atoms with Crippen molar-refractivity contribution in [1.29, 1.82) is 0 Å². The molecular formula is C11H18N4O5S. The van der Waals surface area contributed by atoms with Crippen molar-refractivity contribution < 1.29 is 13.2 Å². The number of piperidine rings is 1. The summed E-state index contributed by atoms with van der Waals surface area (Å²) in [6.07, 6.45) is 1.84. The van der Waals surface area contributed by atoms with Gasteiger partial charge in [-0.05, 0) is 12.8 Å². The van der Waals surface area contributed by atoms with E-state index in [4.69, 9.17) is 10.5 Å². The first-order valence-corrected chi connectivity index (χ1v) is 7.91. The van der Waals surface area contributed by atoms with Crippen LogP contribution in [-0.4, -0.2) is 55.0 Å². The van der Waals surface area contributed by atoms with Gasteiger partial charge in [0.25, 0.3) is 5.56 Å². The number of methoxy groups -OCH3 is 1. The monoisotopic (exact) mass is 318 g/mol. The molecule has 21 heavy (non-hydrogen) atoms. The van der Waals surface area contributed by atoms with Crippen LogP contribution < -0.4 is 17.0 Å². The average Bonchev–Trinajstić information content (AvgIpc) is 2.46. The number of nitrogens with zero attached hydrogens (tertiary/aromatic N) is 1. The van der Waals surface area contributed by atoms with E-state index in [9.17, 15) is 18.0 Å². The number of nitrogens with one attached hydrogen (secondary N) is 2. The summed E-state index contributed by atoms with van der Waals surface area (Å²) in [6, 6.07) is -0.444. The van der Waals surface area contributed by atoms with Gasteiger partial charge in [-0.3, -0.25) is 9.78 Å². The third-order valence-corrected chi connectivity index (χ3v) is 5.55. The molecule has 9 nitrogen and oxygen atoms in total. The maximum atomic E-state index is 12.6. The lowest BCUT2D eigenvalue weighted by molar-refractivity contribution is 0.0401. The molecule has 0 aromatic carbocycles. The highest BCUT2D eigenvalue weighted by Crippen LogP contribution is 2.24. The molecule has 0 aliphatic carbocycles. The first-order chi connectivity index (χ1) is 9.90. The van der Waals surface area contributed by atoms with Gasteiger partial charge in [-0.1, -0.05) is 0 Å². The Balaban J connectivity index is 2.39. The number of aromatic amines is 2. The van der Waals surface area contributed by atoms with Gasteiger partial charge in [-0.2, -0.15) is 4.31 Å². The molecule has 118 valence electrons. The number of ether oxygens (including phenoxy) is 1. The van der Waals surface area contributed by atoms with Crippen LogP contribution in [0.25, 0.3) is 0 Å². The van der Waals surface area contributed by atoms with E-state index in [-0.39, 0.29) is 19.2 Å². The van der Waals surface area contributed by atoms with Crippen LogP contribution in [0.3, 0.4) is 0 Å². The normalized spacial score (nSPS) is 24.1. The quantitative estimate of drug-likeness (QED) is 0.598. The summed E-state index contributed by atoms with van der Waals surface area (Å²) < 4.78 is 31.6. The number of rotatable bonds is 4. The molecule has 1 aromatic rings. The Morgan fingerprint density at radius 3 is 2.76 bits per heavy atom. The Labute approximate surface area is 121 Å². The number of sulfonamides is 1. The molecule has 0 amide bonds. The summed E-state index contributed by atoms with van der Waals surface area (Å²) in [7, 11) is -2.45. The molecule has 1 saturated heterocycles. The third-order valence-electron chi connectivity index (χ3n) is 3.59. The Bertz CT molecular complexity index is 710. The minimum Gasteiger partial charge on any atom is -0.381 e.